The number of hydrogen-bond donors (Lipinski definition) is 1. The van der Waals surface area contributed by atoms with Crippen molar-refractivity contribution in [1.29, 1.82) is 0 Å². The van der Waals surface area contributed by atoms with E-state index in [0.29, 0.717) is 25.6 Å². The molecule has 0 radical (unpaired) electrons. The number of nitrogens with two attached hydrogens (primary N) is 1. The smallest absolute Gasteiger partial charge is 0.329 e. The monoisotopic (exact) mass is 253 g/mol. The van der Waals surface area contributed by atoms with Crippen molar-refractivity contribution >= 4 is 0 Å². The van der Waals surface area contributed by atoms with Crippen molar-refractivity contribution in [3.8, 4) is 0 Å². The van der Waals surface area contributed by atoms with Crippen LogP contribution in [-0.4, -0.2) is 61.8 Å². The average molecular weight is 253 g/mol. The second-order valence-corrected chi connectivity index (χ2v) is 4.69. The second kappa shape index (κ2) is 6.56. The van der Waals surface area contributed by atoms with E-state index < -0.39 is 12.7 Å². The van der Waals surface area contributed by atoms with E-state index in [1.807, 2.05) is 0 Å². The van der Waals surface area contributed by atoms with Gasteiger partial charge in [0.1, 0.15) is 0 Å². The lowest BCUT2D eigenvalue weighted by Gasteiger charge is -2.25. The van der Waals surface area contributed by atoms with Crippen LogP contribution >= 0.6 is 0 Å². The van der Waals surface area contributed by atoms with E-state index in [1.165, 1.54) is 4.90 Å². The number of likely N-dealkylation sites (tertiary alicyclic amines) is 1. The minimum atomic E-state index is -4.09. The highest BCUT2D eigenvalue weighted by Gasteiger charge is 2.32. The molecule has 1 saturated heterocycles. The van der Waals surface area contributed by atoms with Crippen LogP contribution in [0, 0.1) is 5.92 Å². The summed E-state index contributed by atoms with van der Waals surface area (Å²) in [6.45, 7) is 5.28. The SMILES string of the molecule is CCN(CC1CCN(CCN)C1)CC(F)(F)F. The van der Waals surface area contributed by atoms with Crippen molar-refractivity contribution in [3.05, 3.63) is 0 Å². The summed E-state index contributed by atoms with van der Waals surface area (Å²) in [7, 11) is 0. The predicted octanol–water partition coefficient (Wildman–Crippen LogP) is 1.15. The first kappa shape index (κ1) is 14.7. The summed E-state index contributed by atoms with van der Waals surface area (Å²) >= 11 is 0. The Morgan fingerprint density at radius 2 is 2.12 bits per heavy atom. The first-order chi connectivity index (χ1) is 7.94. The van der Waals surface area contributed by atoms with Crippen LogP contribution in [0.2, 0.25) is 0 Å². The van der Waals surface area contributed by atoms with Gasteiger partial charge >= 0.3 is 6.18 Å². The summed E-state index contributed by atoms with van der Waals surface area (Å²) in [5, 5.41) is 0. The largest absolute Gasteiger partial charge is 0.401 e. The van der Waals surface area contributed by atoms with Crippen molar-refractivity contribution < 1.29 is 13.2 Å². The Morgan fingerprint density at radius 1 is 1.41 bits per heavy atom. The van der Waals surface area contributed by atoms with Gasteiger partial charge < -0.3 is 10.6 Å². The first-order valence-corrected chi connectivity index (χ1v) is 6.16. The van der Waals surface area contributed by atoms with E-state index in [4.69, 9.17) is 5.73 Å². The van der Waals surface area contributed by atoms with Crippen molar-refractivity contribution in [2.75, 3.05) is 45.8 Å². The summed E-state index contributed by atoms with van der Waals surface area (Å²) in [6, 6.07) is 0. The fourth-order valence-corrected chi connectivity index (χ4v) is 2.37. The fraction of sp³-hybridized carbons (Fsp3) is 1.00. The molecule has 6 heteroatoms. The van der Waals surface area contributed by atoms with Gasteiger partial charge in [0.2, 0.25) is 0 Å². The van der Waals surface area contributed by atoms with E-state index in [2.05, 4.69) is 4.90 Å². The Labute approximate surface area is 101 Å². The molecule has 0 aliphatic carbocycles. The average Bonchev–Trinajstić information content (AvgIpc) is 2.63. The van der Waals surface area contributed by atoms with E-state index in [-0.39, 0.29) is 0 Å². The molecule has 1 rings (SSSR count). The highest BCUT2D eigenvalue weighted by molar-refractivity contribution is 4.78. The molecule has 3 nitrogen and oxygen atoms in total. The summed E-state index contributed by atoms with van der Waals surface area (Å²) in [6.07, 6.45) is -3.11. The second-order valence-electron chi connectivity index (χ2n) is 4.69. The molecule has 1 aliphatic rings. The van der Waals surface area contributed by atoms with Crippen LogP contribution in [0.4, 0.5) is 13.2 Å². The molecule has 1 fully saturated rings. The van der Waals surface area contributed by atoms with E-state index in [9.17, 15) is 13.2 Å². The Hall–Kier alpha value is -0.330. The highest BCUT2D eigenvalue weighted by atomic mass is 19.4. The third-order valence-electron chi connectivity index (χ3n) is 3.18. The molecule has 0 bridgehead atoms. The van der Waals surface area contributed by atoms with Crippen LogP contribution in [0.3, 0.4) is 0 Å². The van der Waals surface area contributed by atoms with E-state index in [0.717, 1.165) is 26.1 Å². The Balaban J connectivity index is 2.32. The van der Waals surface area contributed by atoms with Gasteiger partial charge in [-0.05, 0) is 25.4 Å². The number of hydrogen-bond acceptors (Lipinski definition) is 3. The van der Waals surface area contributed by atoms with Crippen molar-refractivity contribution in [2.24, 2.45) is 11.7 Å². The molecule has 0 aromatic rings. The lowest BCUT2D eigenvalue weighted by atomic mass is 10.1. The molecule has 1 aliphatic heterocycles. The number of nitrogens with zero attached hydrogens (tertiary/aromatic N) is 2. The zero-order valence-corrected chi connectivity index (χ0v) is 10.3. The number of alkyl halides is 3. The molecule has 0 aromatic carbocycles. The topological polar surface area (TPSA) is 32.5 Å². The molecule has 0 spiro atoms. The van der Waals surface area contributed by atoms with Gasteiger partial charge in [-0.2, -0.15) is 13.2 Å². The van der Waals surface area contributed by atoms with Crippen LogP contribution < -0.4 is 5.73 Å². The fourth-order valence-electron chi connectivity index (χ4n) is 2.37. The lowest BCUT2D eigenvalue weighted by Crippen LogP contribution is -2.38. The summed E-state index contributed by atoms with van der Waals surface area (Å²) in [5.74, 6) is 0.351. The van der Waals surface area contributed by atoms with Crippen molar-refractivity contribution in [2.45, 2.75) is 19.5 Å². The summed E-state index contributed by atoms with van der Waals surface area (Å²) in [5.41, 5.74) is 5.46. The van der Waals surface area contributed by atoms with Gasteiger partial charge in [-0.3, -0.25) is 4.90 Å². The molecule has 0 aromatic heterocycles. The molecule has 2 N–H and O–H groups in total. The maximum Gasteiger partial charge on any atom is 0.401 e. The Morgan fingerprint density at radius 3 is 2.65 bits per heavy atom. The Bertz CT molecular complexity index is 220. The lowest BCUT2D eigenvalue weighted by molar-refractivity contribution is -0.146. The number of rotatable bonds is 6. The molecule has 102 valence electrons. The quantitative estimate of drug-likeness (QED) is 0.771. The van der Waals surface area contributed by atoms with Gasteiger partial charge in [0.05, 0.1) is 6.54 Å². The highest BCUT2D eigenvalue weighted by Crippen LogP contribution is 2.20. The number of halogens is 3. The minimum absolute atomic E-state index is 0.351. The van der Waals surface area contributed by atoms with Gasteiger partial charge in [-0.1, -0.05) is 6.92 Å². The zero-order valence-electron chi connectivity index (χ0n) is 10.3. The van der Waals surface area contributed by atoms with Crippen molar-refractivity contribution in [1.82, 2.24) is 9.80 Å². The summed E-state index contributed by atoms with van der Waals surface area (Å²) < 4.78 is 36.9. The molecule has 0 saturated carbocycles. The van der Waals surface area contributed by atoms with Crippen LogP contribution in [0.25, 0.3) is 0 Å². The molecule has 1 heterocycles. The molecular weight excluding hydrogens is 231 g/mol. The van der Waals surface area contributed by atoms with E-state index in [1.54, 1.807) is 6.92 Å². The molecule has 17 heavy (non-hydrogen) atoms. The summed E-state index contributed by atoms with van der Waals surface area (Å²) in [4.78, 5) is 3.71. The standard InChI is InChI=1S/C11H22F3N3/c1-2-16(9-11(12,13)14)7-10-3-5-17(8-10)6-4-15/h10H,2-9,15H2,1H3. The predicted molar refractivity (Wildman–Crippen MR) is 61.8 cm³/mol. The normalized spacial score (nSPS) is 22.6. The minimum Gasteiger partial charge on any atom is -0.329 e. The first-order valence-electron chi connectivity index (χ1n) is 6.16. The molecule has 1 unspecified atom stereocenters. The van der Waals surface area contributed by atoms with Gasteiger partial charge in [-0.25, -0.2) is 0 Å². The van der Waals surface area contributed by atoms with Gasteiger partial charge in [0, 0.05) is 26.2 Å². The third kappa shape index (κ3) is 5.70. The van der Waals surface area contributed by atoms with E-state index >= 15 is 0 Å². The van der Waals surface area contributed by atoms with Crippen LogP contribution in [0.1, 0.15) is 13.3 Å². The van der Waals surface area contributed by atoms with Gasteiger partial charge in [0.15, 0.2) is 0 Å². The van der Waals surface area contributed by atoms with Crippen LogP contribution in [0.15, 0.2) is 0 Å². The van der Waals surface area contributed by atoms with Gasteiger partial charge in [0.25, 0.3) is 0 Å². The maximum absolute atomic E-state index is 12.3. The maximum atomic E-state index is 12.3. The van der Waals surface area contributed by atoms with Crippen LogP contribution in [-0.2, 0) is 0 Å². The molecule has 0 amide bonds. The Kier molecular flexibility index (Phi) is 5.69. The third-order valence-corrected chi connectivity index (χ3v) is 3.18. The molecular formula is C11H22F3N3. The zero-order chi connectivity index (χ0) is 12.9. The van der Waals surface area contributed by atoms with Gasteiger partial charge in [-0.15, -0.1) is 0 Å². The van der Waals surface area contributed by atoms with Crippen molar-refractivity contribution in [3.63, 3.8) is 0 Å². The van der Waals surface area contributed by atoms with Crippen LogP contribution in [0.5, 0.6) is 0 Å². The molecule has 1 atom stereocenters.